The van der Waals surface area contributed by atoms with Crippen molar-refractivity contribution in [2.24, 2.45) is 0 Å². The van der Waals surface area contributed by atoms with Gasteiger partial charge in [-0.25, -0.2) is 9.67 Å². The number of hydrogen-bond donors (Lipinski definition) is 0. The second-order valence-corrected chi connectivity index (χ2v) is 6.07. The first-order chi connectivity index (χ1) is 13.3. The largest absolute Gasteiger partial charge is 0.497 e. The first-order valence-corrected chi connectivity index (χ1v) is 8.40. The van der Waals surface area contributed by atoms with Crippen molar-refractivity contribution in [3.8, 4) is 29.0 Å². The van der Waals surface area contributed by atoms with Crippen molar-refractivity contribution in [3.63, 3.8) is 0 Å². The van der Waals surface area contributed by atoms with Crippen LogP contribution in [0.4, 0.5) is 0 Å². The molecule has 0 saturated carbocycles. The molecule has 0 N–H and O–H groups in total. The number of ether oxygens (including phenoxy) is 1. The van der Waals surface area contributed by atoms with Crippen LogP contribution in [0.3, 0.4) is 0 Å². The van der Waals surface area contributed by atoms with Gasteiger partial charge >= 0.3 is 0 Å². The van der Waals surface area contributed by atoms with Gasteiger partial charge in [-0.15, -0.1) is 5.10 Å². The first-order valence-electron chi connectivity index (χ1n) is 8.40. The Hall–Kier alpha value is -3.92. The standard InChI is InChI=1S/C20H14N6O/c1-27-16-5-7-18-20(10-16)26-15(12-23-24-26)9-19-17(22-13-25(18)19)6-4-14-3-2-8-21-11-14/h2-3,5,7-8,10-13H,9H2,1H3. The van der Waals surface area contributed by atoms with Crippen molar-refractivity contribution in [1.82, 2.24) is 29.5 Å². The van der Waals surface area contributed by atoms with Crippen molar-refractivity contribution >= 4 is 0 Å². The summed E-state index contributed by atoms with van der Waals surface area (Å²) in [7, 11) is 1.65. The second-order valence-electron chi connectivity index (χ2n) is 6.07. The minimum absolute atomic E-state index is 0.626. The summed E-state index contributed by atoms with van der Waals surface area (Å²) in [5.74, 6) is 7.07. The number of methoxy groups -OCH3 is 1. The van der Waals surface area contributed by atoms with Gasteiger partial charge in [0.15, 0.2) is 0 Å². The van der Waals surface area contributed by atoms with Crippen molar-refractivity contribution in [2.45, 2.75) is 6.42 Å². The molecular weight excluding hydrogens is 340 g/mol. The summed E-state index contributed by atoms with van der Waals surface area (Å²) in [5, 5.41) is 8.33. The lowest BCUT2D eigenvalue weighted by molar-refractivity contribution is 0.414. The molecule has 0 amide bonds. The molecule has 0 spiro atoms. The number of aromatic nitrogens is 6. The maximum atomic E-state index is 5.38. The Morgan fingerprint density at radius 3 is 2.93 bits per heavy atom. The average molecular weight is 354 g/mol. The van der Waals surface area contributed by atoms with Crippen molar-refractivity contribution < 1.29 is 4.74 Å². The molecule has 27 heavy (non-hydrogen) atoms. The molecule has 0 fully saturated rings. The highest BCUT2D eigenvalue weighted by Crippen LogP contribution is 2.30. The highest BCUT2D eigenvalue weighted by Gasteiger charge is 2.23. The summed E-state index contributed by atoms with van der Waals surface area (Å²) in [6.45, 7) is 0. The fraction of sp³-hybridized carbons (Fsp3) is 0.100. The van der Waals surface area contributed by atoms with E-state index >= 15 is 0 Å². The Balaban J connectivity index is 1.68. The van der Waals surface area contributed by atoms with Crippen LogP contribution < -0.4 is 4.74 Å². The third kappa shape index (κ3) is 2.55. The number of imidazole rings is 1. The molecule has 1 aliphatic rings. The van der Waals surface area contributed by atoms with Crippen LogP contribution in [0.15, 0.2) is 55.2 Å². The molecule has 130 valence electrons. The fourth-order valence-electron chi connectivity index (χ4n) is 3.18. The molecule has 7 heteroatoms. The number of pyridine rings is 1. The lowest BCUT2D eigenvalue weighted by Gasteiger charge is -2.11. The van der Waals surface area contributed by atoms with E-state index in [-0.39, 0.29) is 0 Å². The molecular formula is C20H14N6O. The Morgan fingerprint density at radius 2 is 2.07 bits per heavy atom. The molecule has 3 aromatic heterocycles. The zero-order valence-electron chi connectivity index (χ0n) is 14.5. The molecule has 0 atom stereocenters. The lowest BCUT2D eigenvalue weighted by Crippen LogP contribution is -2.03. The summed E-state index contributed by atoms with van der Waals surface area (Å²) in [6, 6.07) is 9.66. The van der Waals surface area contributed by atoms with Crippen molar-refractivity contribution in [1.29, 1.82) is 0 Å². The van der Waals surface area contributed by atoms with Crippen LogP contribution in [-0.4, -0.2) is 36.6 Å². The molecule has 0 saturated heterocycles. The van der Waals surface area contributed by atoms with Crippen molar-refractivity contribution in [2.75, 3.05) is 7.11 Å². The van der Waals surface area contributed by atoms with Gasteiger partial charge in [0.2, 0.25) is 0 Å². The quantitative estimate of drug-likeness (QED) is 0.432. The minimum Gasteiger partial charge on any atom is -0.497 e. The van der Waals surface area contributed by atoms with Gasteiger partial charge in [0.05, 0.1) is 36.1 Å². The molecule has 1 aliphatic heterocycles. The molecule has 0 aliphatic carbocycles. The van der Waals surface area contributed by atoms with Gasteiger partial charge in [-0.3, -0.25) is 9.55 Å². The van der Waals surface area contributed by atoms with Crippen LogP contribution in [0.2, 0.25) is 0 Å². The number of benzene rings is 1. The Labute approximate surface area is 155 Å². The predicted octanol–water partition coefficient (Wildman–Crippen LogP) is 2.16. The Bertz CT molecular complexity index is 1200. The van der Waals surface area contributed by atoms with Crippen LogP contribution in [-0.2, 0) is 6.42 Å². The van der Waals surface area contributed by atoms with E-state index < -0.39 is 0 Å². The van der Waals surface area contributed by atoms with E-state index in [4.69, 9.17) is 4.74 Å². The Kier molecular flexibility index (Phi) is 3.47. The summed E-state index contributed by atoms with van der Waals surface area (Å²) in [4.78, 5) is 8.64. The summed E-state index contributed by atoms with van der Waals surface area (Å²) < 4.78 is 9.27. The van der Waals surface area contributed by atoms with Crippen LogP contribution >= 0.6 is 0 Å². The van der Waals surface area contributed by atoms with Gasteiger partial charge in [0, 0.05) is 30.4 Å². The number of nitrogens with zero attached hydrogens (tertiary/aromatic N) is 6. The number of rotatable bonds is 1. The fourth-order valence-corrected chi connectivity index (χ4v) is 3.18. The third-order valence-corrected chi connectivity index (χ3v) is 4.49. The van der Waals surface area contributed by atoms with Gasteiger partial charge in [-0.05, 0) is 30.2 Å². The molecule has 0 unspecified atom stereocenters. The highest BCUT2D eigenvalue weighted by molar-refractivity contribution is 5.59. The van der Waals surface area contributed by atoms with Crippen LogP contribution in [0.25, 0.3) is 11.4 Å². The van der Waals surface area contributed by atoms with E-state index in [9.17, 15) is 0 Å². The van der Waals surface area contributed by atoms with Gasteiger partial charge in [0.25, 0.3) is 0 Å². The van der Waals surface area contributed by atoms with Crippen LogP contribution in [0, 0.1) is 11.8 Å². The number of fused-ring (bicyclic) bond motifs is 5. The summed E-state index contributed by atoms with van der Waals surface area (Å²) in [6.07, 6.45) is 7.66. The van der Waals surface area contributed by atoms with Gasteiger partial charge < -0.3 is 4.74 Å². The van der Waals surface area contributed by atoms with Crippen molar-refractivity contribution in [3.05, 3.63) is 77.9 Å². The Morgan fingerprint density at radius 1 is 1.11 bits per heavy atom. The first kappa shape index (κ1) is 15.3. The predicted molar refractivity (Wildman–Crippen MR) is 98.1 cm³/mol. The molecule has 5 rings (SSSR count). The van der Waals surface area contributed by atoms with Gasteiger partial charge in [-0.1, -0.05) is 11.1 Å². The lowest BCUT2D eigenvalue weighted by atomic mass is 10.2. The zero-order chi connectivity index (χ0) is 18.2. The van der Waals surface area contributed by atoms with E-state index in [1.54, 1.807) is 32.0 Å². The molecule has 4 aromatic rings. The smallest absolute Gasteiger partial charge is 0.135 e. The molecule has 4 heterocycles. The third-order valence-electron chi connectivity index (χ3n) is 4.49. The molecule has 1 aromatic carbocycles. The van der Waals surface area contributed by atoms with E-state index in [0.29, 0.717) is 6.42 Å². The highest BCUT2D eigenvalue weighted by atomic mass is 16.5. The van der Waals surface area contributed by atoms with E-state index in [2.05, 4.69) is 36.7 Å². The number of hydrogen-bond acceptors (Lipinski definition) is 5. The minimum atomic E-state index is 0.626. The van der Waals surface area contributed by atoms with Gasteiger partial charge in [-0.2, -0.15) is 0 Å². The zero-order valence-corrected chi connectivity index (χ0v) is 14.5. The maximum Gasteiger partial charge on any atom is 0.135 e. The van der Waals surface area contributed by atoms with E-state index in [1.165, 1.54) is 0 Å². The average Bonchev–Trinajstić information content (AvgIpc) is 3.32. The van der Waals surface area contributed by atoms with Crippen LogP contribution in [0.5, 0.6) is 5.75 Å². The molecule has 0 bridgehead atoms. The normalized spacial score (nSPS) is 11.4. The molecule has 0 radical (unpaired) electrons. The van der Waals surface area contributed by atoms with Crippen LogP contribution in [0.1, 0.15) is 22.6 Å². The monoisotopic (exact) mass is 354 g/mol. The summed E-state index contributed by atoms with van der Waals surface area (Å²) >= 11 is 0. The van der Waals surface area contributed by atoms with Gasteiger partial charge in [0.1, 0.15) is 17.8 Å². The summed E-state index contributed by atoms with van der Waals surface area (Å²) in [5.41, 5.74) is 5.40. The molecule has 7 nitrogen and oxygen atoms in total. The van der Waals surface area contributed by atoms with E-state index in [0.717, 1.165) is 39.8 Å². The van der Waals surface area contributed by atoms with E-state index in [1.807, 2.05) is 35.0 Å². The topological polar surface area (TPSA) is 70.7 Å². The maximum absolute atomic E-state index is 5.38. The second kappa shape index (κ2) is 6.11. The SMILES string of the molecule is COc1ccc2c(c1)-n1nncc1Cc1c(C#Cc3cccnc3)ncn1-2.